The van der Waals surface area contributed by atoms with Crippen LogP contribution in [0.25, 0.3) is 0 Å². The predicted molar refractivity (Wildman–Crippen MR) is 114 cm³/mol. The number of ketones is 1. The number of alkyl halides is 1. The minimum atomic E-state index is -0.511. The summed E-state index contributed by atoms with van der Waals surface area (Å²) in [6.07, 6.45) is 13.4. The molecule has 0 aromatic heterocycles. The largest absolute Gasteiger partial charge is 0.469 e. The minimum absolute atomic E-state index is 0.104. The molecule has 0 aliphatic heterocycles. The Kier molecular flexibility index (Phi) is 11.1. The molecule has 1 aliphatic rings. The topological polar surface area (TPSA) is 63.6 Å². The van der Waals surface area contributed by atoms with Crippen LogP contribution in [0.5, 0.6) is 0 Å². The fourth-order valence-electron chi connectivity index (χ4n) is 3.67. The average Bonchev–Trinajstić information content (AvgIpc) is 2.93. The van der Waals surface area contributed by atoms with Crippen LogP contribution in [-0.2, 0) is 14.3 Å². The van der Waals surface area contributed by atoms with Crippen molar-refractivity contribution in [2.75, 3.05) is 7.11 Å². The van der Waals surface area contributed by atoms with Crippen molar-refractivity contribution in [3.63, 3.8) is 0 Å². The zero-order chi connectivity index (χ0) is 21.2. The number of carbonyl (C=O) groups is 2. The summed E-state index contributed by atoms with van der Waals surface area (Å²) >= 11 is 6.47. The van der Waals surface area contributed by atoms with Crippen molar-refractivity contribution in [1.82, 2.24) is 0 Å². The Morgan fingerprint density at radius 1 is 1.25 bits per heavy atom. The van der Waals surface area contributed by atoms with Crippen LogP contribution in [0.1, 0.15) is 72.1 Å². The number of allylic oxidation sites excluding steroid dienone is 3. The lowest BCUT2D eigenvalue weighted by molar-refractivity contribution is -0.140. The first-order valence-corrected chi connectivity index (χ1v) is 10.9. The number of methoxy groups -OCH3 is 1. The van der Waals surface area contributed by atoms with Gasteiger partial charge in [0.25, 0.3) is 0 Å². The van der Waals surface area contributed by atoms with E-state index in [1.54, 1.807) is 6.08 Å². The monoisotopic (exact) mass is 412 g/mol. The average molecular weight is 413 g/mol. The number of hydrogen-bond acceptors (Lipinski definition) is 4. The molecule has 0 aromatic rings. The maximum atomic E-state index is 12.6. The molecule has 0 amide bonds. The van der Waals surface area contributed by atoms with Crippen molar-refractivity contribution in [3.05, 3.63) is 24.3 Å². The van der Waals surface area contributed by atoms with E-state index in [0.29, 0.717) is 12.8 Å². The molecule has 1 saturated carbocycles. The van der Waals surface area contributed by atoms with Crippen LogP contribution in [0.4, 0.5) is 0 Å². The van der Waals surface area contributed by atoms with Crippen LogP contribution in [0, 0.1) is 17.3 Å². The minimum Gasteiger partial charge on any atom is -0.469 e. The Hall–Kier alpha value is -1.13. The van der Waals surface area contributed by atoms with E-state index in [4.69, 9.17) is 11.6 Å². The normalized spacial score (nSPS) is 25.6. The number of hydrogen-bond donors (Lipinski definition) is 1. The van der Waals surface area contributed by atoms with Crippen molar-refractivity contribution in [2.24, 2.45) is 17.3 Å². The molecule has 0 heterocycles. The van der Waals surface area contributed by atoms with Crippen molar-refractivity contribution in [3.8, 4) is 0 Å². The molecule has 4 nitrogen and oxygen atoms in total. The second-order valence-electron chi connectivity index (χ2n) is 8.45. The van der Waals surface area contributed by atoms with Crippen LogP contribution in [0.2, 0.25) is 0 Å². The van der Waals surface area contributed by atoms with Gasteiger partial charge in [-0.05, 0) is 44.1 Å². The molecule has 160 valence electrons. The molecule has 0 saturated heterocycles. The van der Waals surface area contributed by atoms with Crippen molar-refractivity contribution in [1.29, 1.82) is 0 Å². The number of halogens is 1. The van der Waals surface area contributed by atoms with Crippen molar-refractivity contribution in [2.45, 2.75) is 83.6 Å². The highest BCUT2D eigenvalue weighted by Gasteiger charge is 2.39. The number of ether oxygens (including phenoxy) is 1. The molecule has 4 atom stereocenters. The quantitative estimate of drug-likeness (QED) is 0.157. The van der Waals surface area contributed by atoms with E-state index >= 15 is 0 Å². The number of rotatable bonds is 12. The number of aliphatic hydroxyl groups is 1. The number of aliphatic hydroxyl groups excluding tert-OH is 1. The Balaban J connectivity index is 2.60. The SMILES string of the molecule is CCCCC(C)(C)C(=O)/C=C/[C@@H]1[C@@H](C/C=C\CCCC(=O)OC)[C@H](Cl)C[C@H]1O. The van der Waals surface area contributed by atoms with Gasteiger partial charge < -0.3 is 9.84 Å². The van der Waals surface area contributed by atoms with Gasteiger partial charge in [0.15, 0.2) is 5.78 Å². The molecule has 1 rings (SSSR count). The summed E-state index contributed by atoms with van der Waals surface area (Å²) < 4.78 is 4.63. The Labute approximate surface area is 175 Å². The first kappa shape index (κ1) is 24.9. The van der Waals surface area contributed by atoms with Gasteiger partial charge in [-0.2, -0.15) is 0 Å². The summed E-state index contributed by atoms with van der Waals surface area (Å²) in [5.41, 5.74) is -0.370. The van der Waals surface area contributed by atoms with Crippen LogP contribution in [0.3, 0.4) is 0 Å². The predicted octanol–water partition coefficient (Wildman–Crippen LogP) is 5.22. The summed E-state index contributed by atoms with van der Waals surface area (Å²) in [6.45, 7) is 6.10. The molecule has 1 N–H and O–H groups in total. The van der Waals surface area contributed by atoms with E-state index in [-0.39, 0.29) is 34.4 Å². The lowest BCUT2D eigenvalue weighted by Gasteiger charge is -2.22. The number of carbonyl (C=O) groups excluding carboxylic acids is 2. The van der Waals surface area contributed by atoms with E-state index in [9.17, 15) is 14.7 Å². The smallest absolute Gasteiger partial charge is 0.305 e. The van der Waals surface area contributed by atoms with Gasteiger partial charge in [-0.15, -0.1) is 11.6 Å². The summed E-state index contributed by atoms with van der Waals surface area (Å²) in [7, 11) is 1.40. The maximum absolute atomic E-state index is 12.6. The lowest BCUT2D eigenvalue weighted by atomic mass is 9.81. The van der Waals surface area contributed by atoms with E-state index in [0.717, 1.165) is 38.5 Å². The third-order valence-corrected chi connectivity index (χ3v) is 6.22. The molecular weight excluding hydrogens is 376 g/mol. The molecule has 1 aliphatic carbocycles. The Morgan fingerprint density at radius 3 is 2.61 bits per heavy atom. The van der Waals surface area contributed by atoms with Gasteiger partial charge in [0.2, 0.25) is 0 Å². The van der Waals surface area contributed by atoms with E-state index in [1.165, 1.54) is 7.11 Å². The molecular formula is C23H37ClO4. The second-order valence-corrected chi connectivity index (χ2v) is 9.01. The zero-order valence-electron chi connectivity index (χ0n) is 17.8. The maximum Gasteiger partial charge on any atom is 0.305 e. The van der Waals surface area contributed by atoms with E-state index < -0.39 is 6.10 Å². The summed E-state index contributed by atoms with van der Waals surface area (Å²) in [5.74, 6) is -0.0717. The van der Waals surface area contributed by atoms with Crippen LogP contribution in [0.15, 0.2) is 24.3 Å². The van der Waals surface area contributed by atoms with Crippen LogP contribution in [-0.4, -0.2) is 35.4 Å². The summed E-state index contributed by atoms with van der Waals surface area (Å²) in [4.78, 5) is 23.7. The highest BCUT2D eigenvalue weighted by Crippen LogP contribution is 2.39. The summed E-state index contributed by atoms with van der Waals surface area (Å²) in [6, 6.07) is 0. The third-order valence-electron chi connectivity index (χ3n) is 5.72. The molecule has 1 fully saturated rings. The van der Waals surface area contributed by atoms with Crippen LogP contribution < -0.4 is 0 Å². The molecule has 0 radical (unpaired) electrons. The molecule has 28 heavy (non-hydrogen) atoms. The molecule has 0 unspecified atom stereocenters. The number of unbranched alkanes of at least 4 members (excludes halogenated alkanes) is 2. The molecule has 0 aromatic carbocycles. The van der Waals surface area contributed by atoms with Gasteiger partial charge in [-0.25, -0.2) is 0 Å². The van der Waals surface area contributed by atoms with E-state index in [1.807, 2.05) is 19.9 Å². The lowest BCUT2D eigenvalue weighted by Crippen LogP contribution is -2.23. The second kappa shape index (κ2) is 12.4. The zero-order valence-corrected chi connectivity index (χ0v) is 18.6. The molecule has 0 spiro atoms. The van der Waals surface area contributed by atoms with Gasteiger partial charge in [0.1, 0.15) is 0 Å². The van der Waals surface area contributed by atoms with Crippen molar-refractivity contribution < 1.29 is 19.4 Å². The number of esters is 1. The van der Waals surface area contributed by atoms with Crippen molar-refractivity contribution >= 4 is 23.4 Å². The van der Waals surface area contributed by atoms with E-state index in [2.05, 4.69) is 23.8 Å². The first-order valence-electron chi connectivity index (χ1n) is 10.5. The first-order chi connectivity index (χ1) is 13.2. The molecule has 5 heteroatoms. The summed E-state index contributed by atoms with van der Waals surface area (Å²) in [5, 5.41) is 10.3. The van der Waals surface area contributed by atoms with Gasteiger partial charge >= 0.3 is 5.97 Å². The fraction of sp³-hybridized carbons (Fsp3) is 0.739. The van der Waals surface area contributed by atoms with Gasteiger partial charge in [-0.3, -0.25) is 9.59 Å². The standard InChI is InChI=1S/C23H37ClO4/c1-5-6-15-23(2,3)21(26)14-13-18-17(19(24)16-20(18)25)11-9-7-8-10-12-22(27)28-4/h7,9,13-14,17-20,25H,5-6,8,10-12,15-16H2,1-4H3/b9-7-,14-13+/t17-,18-,19-,20-/m1/s1. The third kappa shape index (κ3) is 8.08. The highest BCUT2D eigenvalue weighted by atomic mass is 35.5. The van der Waals surface area contributed by atoms with Gasteiger partial charge in [0.05, 0.1) is 13.2 Å². The van der Waals surface area contributed by atoms with Gasteiger partial charge in [-0.1, -0.05) is 51.8 Å². The molecule has 0 bridgehead atoms. The Morgan fingerprint density at radius 2 is 1.96 bits per heavy atom. The van der Waals surface area contributed by atoms with Crippen LogP contribution >= 0.6 is 11.6 Å². The highest BCUT2D eigenvalue weighted by molar-refractivity contribution is 6.21. The Bertz CT molecular complexity index is 553. The fourth-order valence-corrected chi connectivity index (χ4v) is 4.12. The van der Waals surface area contributed by atoms with Gasteiger partial charge in [0, 0.05) is 23.1 Å².